The zero-order chi connectivity index (χ0) is 17.7. The first-order chi connectivity index (χ1) is 10.4. The molecule has 1 rings (SSSR count). The molecule has 0 amide bonds. The summed E-state index contributed by atoms with van der Waals surface area (Å²) in [6.07, 6.45) is -9.85. The van der Waals surface area contributed by atoms with Crippen LogP contribution in [0.3, 0.4) is 0 Å². The van der Waals surface area contributed by atoms with Crippen LogP contribution in [0.4, 0.5) is 26.3 Å². The van der Waals surface area contributed by atoms with E-state index in [1.165, 1.54) is 24.3 Å². The Morgan fingerprint density at radius 3 is 1.74 bits per heavy atom. The largest absolute Gasteiger partial charge is 0.412 e. The molecule has 0 fully saturated rings. The van der Waals surface area contributed by atoms with Gasteiger partial charge in [-0.3, -0.25) is 17.8 Å². The molecule has 4 nitrogen and oxygen atoms in total. The zero-order valence-corrected chi connectivity index (χ0v) is 13.0. The minimum atomic E-state index is -4.93. The maximum absolute atomic E-state index is 12.1. The quantitative estimate of drug-likeness (QED) is 0.525. The molecule has 0 spiro atoms. The first-order valence-corrected chi connectivity index (χ1v) is 8.90. The zero-order valence-electron chi connectivity index (χ0n) is 11.3. The highest BCUT2D eigenvalue weighted by Crippen LogP contribution is 2.51. The third-order valence-corrected chi connectivity index (χ3v) is 6.18. The summed E-state index contributed by atoms with van der Waals surface area (Å²) in [5, 5.41) is 0. The Morgan fingerprint density at radius 2 is 1.35 bits per heavy atom. The van der Waals surface area contributed by atoms with Crippen LogP contribution in [0.2, 0.25) is 0 Å². The van der Waals surface area contributed by atoms with Gasteiger partial charge in [0.1, 0.15) is 5.49 Å². The van der Waals surface area contributed by atoms with Gasteiger partial charge in [-0.2, -0.15) is 26.3 Å². The van der Waals surface area contributed by atoms with Crippen molar-refractivity contribution in [2.45, 2.75) is 17.2 Å². The van der Waals surface area contributed by atoms with Gasteiger partial charge in [0.15, 0.2) is 13.2 Å². The molecule has 0 radical (unpaired) electrons. The maximum Gasteiger partial charge on any atom is 0.412 e. The minimum Gasteiger partial charge on any atom is -0.298 e. The van der Waals surface area contributed by atoms with Crippen LogP contribution < -0.4 is 0 Å². The number of benzene rings is 1. The molecular weight excluding hydrogens is 373 g/mol. The van der Waals surface area contributed by atoms with E-state index >= 15 is 0 Å². The number of hydrogen-bond acceptors (Lipinski definition) is 4. The van der Waals surface area contributed by atoms with Crippen LogP contribution >= 0.6 is 7.60 Å². The molecule has 23 heavy (non-hydrogen) atoms. The molecule has 0 saturated carbocycles. The molecule has 1 atom stereocenters. The third-order valence-electron chi connectivity index (χ3n) is 2.13. The summed E-state index contributed by atoms with van der Waals surface area (Å²) in [6, 6.07) is 7.08. The van der Waals surface area contributed by atoms with E-state index in [0.717, 1.165) is 0 Å². The summed E-state index contributed by atoms with van der Waals surface area (Å²) in [5.74, 6) is 0. The molecule has 1 aromatic carbocycles. The van der Waals surface area contributed by atoms with Crippen LogP contribution in [0.5, 0.6) is 0 Å². The highest BCUT2D eigenvalue weighted by atomic mass is 32.2. The molecule has 12 heteroatoms. The SMILES string of the molecule is O=S(CP(=O)(OCC(F)(F)F)OCC(F)(F)F)c1ccccc1. The fraction of sp³-hybridized carbons (Fsp3) is 0.455. The van der Waals surface area contributed by atoms with Crippen LogP contribution in [0.1, 0.15) is 0 Å². The Kier molecular flexibility index (Phi) is 6.81. The van der Waals surface area contributed by atoms with Crippen molar-refractivity contribution in [2.75, 3.05) is 18.7 Å². The molecule has 132 valence electrons. The van der Waals surface area contributed by atoms with Crippen molar-refractivity contribution in [1.82, 2.24) is 0 Å². The summed E-state index contributed by atoms with van der Waals surface area (Å²) < 4.78 is 105. The van der Waals surface area contributed by atoms with Crippen molar-refractivity contribution in [3.63, 3.8) is 0 Å². The molecule has 0 bridgehead atoms. The van der Waals surface area contributed by atoms with Crippen molar-refractivity contribution < 1.29 is 44.2 Å². The first kappa shape index (κ1) is 20.1. The summed E-state index contributed by atoms with van der Waals surface area (Å²) in [5.41, 5.74) is -1.12. The van der Waals surface area contributed by atoms with Gasteiger partial charge in [0, 0.05) is 4.90 Å². The number of rotatable bonds is 7. The fourth-order valence-corrected chi connectivity index (χ4v) is 4.81. The topological polar surface area (TPSA) is 52.6 Å². The van der Waals surface area contributed by atoms with Gasteiger partial charge in [-0.1, -0.05) is 18.2 Å². The van der Waals surface area contributed by atoms with Gasteiger partial charge in [-0.25, -0.2) is 0 Å². The summed E-state index contributed by atoms with van der Waals surface area (Å²) in [4.78, 5) is 0.0685. The molecule has 0 aliphatic rings. The molecule has 1 unspecified atom stereocenters. The first-order valence-electron chi connectivity index (χ1n) is 5.85. The molecule has 0 heterocycles. The second-order valence-electron chi connectivity index (χ2n) is 4.18. The highest BCUT2D eigenvalue weighted by molar-refractivity contribution is 7.92. The van der Waals surface area contributed by atoms with Crippen LogP contribution in [0.25, 0.3) is 0 Å². The number of alkyl halides is 6. The lowest BCUT2D eigenvalue weighted by molar-refractivity contribution is -0.165. The average molecular weight is 384 g/mol. The van der Waals surface area contributed by atoms with Crippen molar-refractivity contribution in [1.29, 1.82) is 0 Å². The van der Waals surface area contributed by atoms with Crippen LogP contribution in [0, 0.1) is 0 Å². The lowest BCUT2D eigenvalue weighted by Crippen LogP contribution is -2.21. The maximum atomic E-state index is 12.1. The highest BCUT2D eigenvalue weighted by Gasteiger charge is 2.39. The van der Waals surface area contributed by atoms with Gasteiger partial charge in [0.05, 0.1) is 10.8 Å². The second-order valence-corrected chi connectivity index (χ2v) is 8.11. The Hall–Kier alpha value is -0.900. The predicted octanol–water partition coefficient (Wildman–Crippen LogP) is 4.10. The van der Waals surface area contributed by atoms with Gasteiger partial charge in [0.2, 0.25) is 0 Å². The Balaban J connectivity index is 2.85. The molecule has 0 aromatic heterocycles. The Morgan fingerprint density at radius 1 is 0.913 bits per heavy atom. The van der Waals surface area contributed by atoms with Gasteiger partial charge < -0.3 is 0 Å². The number of halogens is 6. The monoisotopic (exact) mass is 384 g/mol. The van der Waals surface area contributed by atoms with Crippen LogP contribution in [0.15, 0.2) is 35.2 Å². The summed E-state index contributed by atoms with van der Waals surface area (Å²) >= 11 is 0. The molecule has 0 aliphatic heterocycles. The van der Waals surface area contributed by atoms with E-state index in [0.29, 0.717) is 0 Å². The predicted molar refractivity (Wildman–Crippen MR) is 69.3 cm³/mol. The number of hydrogen-bond donors (Lipinski definition) is 0. The van der Waals surface area contributed by atoms with Gasteiger partial charge in [0.25, 0.3) is 0 Å². The van der Waals surface area contributed by atoms with E-state index in [2.05, 4.69) is 9.05 Å². The molecule has 1 aromatic rings. The van der Waals surface area contributed by atoms with E-state index < -0.39 is 49.5 Å². The lowest BCUT2D eigenvalue weighted by atomic mass is 10.4. The van der Waals surface area contributed by atoms with E-state index in [1.807, 2.05) is 0 Å². The molecule has 0 saturated heterocycles. The lowest BCUT2D eigenvalue weighted by Gasteiger charge is -2.20. The normalized spacial score (nSPS) is 14.7. The van der Waals surface area contributed by atoms with Crippen molar-refractivity contribution in [2.24, 2.45) is 0 Å². The van der Waals surface area contributed by atoms with Crippen molar-refractivity contribution in [3.05, 3.63) is 30.3 Å². The van der Waals surface area contributed by atoms with Gasteiger partial charge in [-0.05, 0) is 12.1 Å². The summed E-state index contributed by atoms with van der Waals surface area (Å²) in [6.45, 7) is -4.15. The van der Waals surface area contributed by atoms with Gasteiger partial charge in [-0.15, -0.1) is 0 Å². The molecular formula is C11H11F6O4PS. The summed E-state index contributed by atoms with van der Waals surface area (Å²) in [7, 11) is -7.03. The average Bonchev–Trinajstić information content (AvgIpc) is 2.43. The third kappa shape index (κ3) is 8.50. The van der Waals surface area contributed by atoms with Gasteiger partial charge >= 0.3 is 19.9 Å². The fourth-order valence-electron chi connectivity index (χ4n) is 1.25. The Labute approximate surface area is 129 Å². The smallest absolute Gasteiger partial charge is 0.298 e. The minimum absolute atomic E-state index is 0.0685. The van der Waals surface area contributed by atoms with Crippen molar-refractivity contribution in [3.8, 4) is 0 Å². The van der Waals surface area contributed by atoms with Crippen molar-refractivity contribution >= 4 is 18.4 Å². The second kappa shape index (κ2) is 7.78. The van der Waals surface area contributed by atoms with E-state index in [1.54, 1.807) is 6.07 Å². The molecule has 0 aliphatic carbocycles. The van der Waals surface area contributed by atoms with Crippen LogP contribution in [-0.2, 0) is 24.4 Å². The Bertz CT molecular complexity index is 552. The van der Waals surface area contributed by atoms with E-state index in [-0.39, 0.29) is 4.90 Å². The van der Waals surface area contributed by atoms with E-state index in [4.69, 9.17) is 0 Å². The van der Waals surface area contributed by atoms with Crippen LogP contribution in [-0.4, -0.2) is 35.3 Å². The van der Waals surface area contributed by atoms with E-state index in [9.17, 15) is 35.1 Å². The standard InChI is InChI=1S/C11H11F6O4PS/c12-10(13,14)6-20-22(18,21-7-11(15,16)17)8-23(19)9-4-2-1-3-5-9/h1-5H,6-8H2. The molecule has 0 N–H and O–H groups in total.